The van der Waals surface area contributed by atoms with E-state index < -0.39 is 0 Å². The van der Waals surface area contributed by atoms with Gasteiger partial charge in [0.05, 0.1) is 11.6 Å². The normalized spacial score (nSPS) is 10.9. The Morgan fingerprint density at radius 1 is 1.00 bits per heavy atom. The molecule has 20 heavy (non-hydrogen) atoms. The molecule has 0 heterocycles. The lowest BCUT2D eigenvalue weighted by molar-refractivity contribution is 1.27. The molecule has 0 fully saturated rings. The third-order valence-corrected chi connectivity index (χ3v) is 2.99. The van der Waals surface area contributed by atoms with Crippen LogP contribution in [0.4, 0.5) is 0 Å². The molecule has 0 amide bonds. The highest BCUT2D eigenvalue weighted by Crippen LogP contribution is 2.21. The van der Waals surface area contributed by atoms with Crippen LogP contribution in [-0.2, 0) is 6.42 Å². The van der Waals surface area contributed by atoms with Gasteiger partial charge in [0.15, 0.2) is 0 Å². The van der Waals surface area contributed by atoms with Crippen LogP contribution in [0.15, 0.2) is 73.0 Å². The molecule has 0 aromatic heterocycles. The van der Waals surface area contributed by atoms with Crippen molar-refractivity contribution in [1.29, 1.82) is 5.26 Å². The number of benzene rings is 2. The molecule has 0 aliphatic heterocycles. The number of rotatable bonds is 4. The molecule has 0 atom stereocenters. The van der Waals surface area contributed by atoms with Crippen LogP contribution in [0.25, 0.3) is 11.1 Å². The standard InChI is InChI=1S/C18H16N2/c19-12-3-1-2-5-15-8-10-17(11-9-15)18-7-4-6-16(13-18)14-20/h1-4,6-13H,5,19H2/b2-1-,12-3-. The first-order chi connectivity index (χ1) is 9.83. The van der Waals surface area contributed by atoms with Crippen molar-refractivity contribution in [2.45, 2.75) is 6.42 Å². The van der Waals surface area contributed by atoms with E-state index in [1.54, 1.807) is 0 Å². The molecule has 2 N–H and O–H groups in total. The highest BCUT2D eigenvalue weighted by molar-refractivity contribution is 5.65. The summed E-state index contributed by atoms with van der Waals surface area (Å²) in [6.07, 6.45) is 8.20. The largest absolute Gasteiger partial charge is 0.405 e. The lowest BCUT2D eigenvalue weighted by atomic mass is 10.0. The average molecular weight is 260 g/mol. The topological polar surface area (TPSA) is 49.8 Å². The highest BCUT2D eigenvalue weighted by atomic mass is 14.5. The maximum absolute atomic E-state index is 8.92. The number of nitrogens with two attached hydrogens (primary N) is 1. The van der Waals surface area contributed by atoms with Gasteiger partial charge in [0.1, 0.15) is 0 Å². The van der Waals surface area contributed by atoms with E-state index in [0.717, 1.165) is 17.5 Å². The van der Waals surface area contributed by atoms with Crippen molar-refractivity contribution < 1.29 is 0 Å². The third kappa shape index (κ3) is 3.60. The van der Waals surface area contributed by atoms with Crippen LogP contribution in [0.3, 0.4) is 0 Å². The molecule has 2 aromatic rings. The summed E-state index contributed by atoms with van der Waals surface area (Å²) in [5.41, 5.74) is 9.38. The van der Waals surface area contributed by atoms with Gasteiger partial charge in [0, 0.05) is 0 Å². The molecular formula is C18H16N2. The molecule has 2 nitrogen and oxygen atoms in total. The summed E-state index contributed by atoms with van der Waals surface area (Å²) >= 11 is 0. The van der Waals surface area contributed by atoms with Gasteiger partial charge in [0.2, 0.25) is 0 Å². The van der Waals surface area contributed by atoms with Crippen molar-refractivity contribution in [2.24, 2.45) is 5.73 Å². The van der Waals surface area contributed by atoms with E-state index in [4.69, 9.17) is 11.0 Å². The predicted octanol–water partition coefficient (Wildman–Crippen LogP) is 3.80. The molecule has 2 rings (SSSR count). The van der Waals surface area contributed by atoms with Gasteiger partial charge in [-0.2, -0.15) is 5.26 Å². The van der Waals surface area contributed by atoms with Crippen LogP contribution < -0.4 is 5.73 Å². The summed E-state index contributed by atoms with van der Waals surface area (Å²) in [5, 5.41) is 8.92. The molecule has 0 bridgehead atoms. The predicted molar refractivity (Wildman–Crippen MR) is 82.8 cm³/mol. The fourth-order valence-corrected chi connectivity index (χ4v) is 1.95. The maximum Gasteiger partial charge on any atom is 0.0991 e. The monoisotopic (exact) mass is 260 g/mol. The summed E-state index contributed by atoms with van der Waals surface area (Å²) in [7, 11) is 0. The lowest BCUT2D eigenvalue weighted by Gasteiger charge is -2.03. The van der Waals surface area contributed by atoms with Gasteiger partial charge in [-0.15, -0.1) is 0 Å². The minimum Gasteiger partial charge on any atom is -0.405 e. The smallest absolute Gasteiger partial charge is 0.0991 e. The second kappa shape index (κ2) is 6.96. The quantitative estimate of drug-likeness (QED) is 0.850. The van der Waals surface area contributed by atoms with Crippen LogP contribution in [0.1, 0.15) is 11.1 Å². The van der Waals surface area contributed by atoms with E-state index in [1.807, 2.05) is 36.4 Å². The van der Waals surface area contributed by atoms with E-state index in [1.165, 1.54) is 11.8 Å². The minimum atomic E-state index is 0.683. The fourth-order valence-electron chi connectivity index (χ4n) is 1.95. The van der Waals surface area contributed by atoms with Gasteiger partial charge < -0.3 is 5.73 Å². The first-order valence-electron chi connectivity index (χ1n) is 6.46. The van der Waals surface area contributed by atoms with Crippen molar-refractivity contribution in [3.05, 3.63) is 84.1 Å². The van der Waals surface area contributed by atoms with Crippen molar-refractivity contribution >= 4 is 0 Å². The van der Waals surface area contributed by atoms with Crippen LogP contribution in [0.2, 0.25) is 0 Å². The van der Waals surface area contributed by atoms with Gasteiger partial charge in [-0.05, 0) is 47.5 Å². The van der Waals surface area contributed by atoms with Crippen LogP contribution in [0, 0.1) is 11.3 Å². The third-order valence-electron chi connectivity index (χ3n) is 2.99. The van der Waals surface area contributed by atoms with Crippen LogP contribution >= 0.6 is 0 Å². The summed E-state index contributed by atoms with van der Waals surface area (Å²) in [4.78, 5) is 0. The molecule has 0 saturated carbocycles. The van der Waals surface area contributed by atoms with Gasteiger partial charge in [-0.3, -0.25) is 0 Å². The molecule has 2 aromatic carbocycles. The van der Waals surface area contributed by atoms with Crippen molar-refractivity contribution in [1.82, 2.24) is 0 Å². The van der Waals surface area contributed by atoms with Crippen molar-refractivity contribution in [2.75, 3.05) is 0 Å². The van der Waals surface area contributed by atoms with E-state index in [-0.39, 0.29) is 0 Å². The van der Waals surface area contributed by atoms with Gasteiger partial charge in [0.25, 0.3) is 0 Å². The second-order valence-corrected chi connectivity index (χ2v) is 4.41. The SMILES string of the molecule is N#Cc1cccc(-c2ccc(C/C=C\C=C/N)cc2)c1. The summed E-state index contributed by atoms with van der Waals surface area (Å²) in [5.74, 6) is 0. The Hall–Kier alpha value is -2.79. The fraction of sp³-hybridized carbons (Fsp3) is 0.0556. The molecular weight excluding hydrogens is 244 g/mol. The highest BCUT2D eigenvalue weighted by Gasteiger charge is 1.99. The van der Waals surface area contributed by atoms with Crippen LogP contribution in [0.5, 0.6) is 0 Å². The Morgan fingerprint density at radius 3 is 2.50 bits per heavy atom. The molecule has 0 radical (unpaired) electrons. The Balaban J connectivity index is 2.13. The van der Waals surface area contributed by atoms with E-state index in [2.05, 4.69) is 36.4 Å². The van der Waals surface area contributed by atoms with Gasteiger partial charge in [-0.1, -0.05) is 48.6 Å². The first kappa shape index (κ1) is 13.6. The zero-order valence-electron chi connectivity index (χ0n) is 11.2. The Bertz CT molecular complexity index is 659. The second-order valence-electron chi connectivity index (χ2n) is 4.41. The Labute approximate surface area is 119 Å². The zero-order chi connectivity index (χ0) is 14.2. The first-order valence-corrected chi connectivity index (χ1v) is 6.46. The van der Waals surface area contributed by atoms with Gasteiger partial charge >= 0.3 is 0 Å². The zero-order valence-corrected chi connectivity index (χ0v) is 11.2. The molecule has 98 valence electrons. The maximum atomic E-state index is 8.92. The number of allylic oxidation sites excluding steroid dienone is 3. The number of hydrogen-bond donors (Lipinski definition) is 1. The summed E-state index contributed by atoms with van der Waals surface area (Å²) in [6, 6.07) is 18.2. The minimum absolute atomic E-state index is 0.683. The summed E-state index contributed by atoms with van der Waals surface area (Å²) < 4.78 is 0. The molecule has 2 heteroatoms. The lowest BCUT2D eigenvalue weighted by Crippen LogP contribution is -1.83. The van der Waals surface area contributed by atoms with E-state index in [0.29, 0.717) is 5.56 Å². The van der Waals surface area contributed by atoms with Crippen LogP contribution in [-0.4, -0.2) is 0 Å². The van der Waals surface area contributed by atoms with E-state index >= 15 is 0 Å². The number of hydrogen-bond acceptors (Lipinski definition) is 2. The molecule has 0 aliphatic carbocycles. The number of nitriles is 1. The summed E-state index contributed by atoms with van der Waals surface area (Å²) in [6.45, 7) is 0. The molecule has 0 aliphatic rings. The number of nitrogens with zero attached hydrogens (tertiary/aromatic N) is 1. The van der Waals surface area contributed by atoms with Crippen molar-refractivity contribution in [3.63, 3.8) is 0 Å². The Morgan fingerprint density at radius 2 is 1.80 bits per heavy atom. The van der Waals surface area contributed by atoms with Crippen molar-refractivity contribution in [3.8, 4) is 17.2 Å². The molecule has 0 unspecified atom stereocenters. The van der Waals surface area contributed by atoms with Gasteiger partial charge in [-0.25, -0.2) is 0 Å². The molecule has 0 spiro atoms. The van der Waals surface area contributed by atoms with E-state index in [9.17, 15) is 0 Å². The Kier molecular flexibility index (Phi) is 4.75. The average Bonchev–Trinajstić information content (AvgIpc) is 2.52. The molecule has 0 saturated heterocycles.